The molecule has 0 unspecified atom stereocenters. The van der Waals surface area contributed by atoms with Gasteiger partial charge in [0.1, 0.15) is 16.6 Å². The summed E-state index contributed by atoms with van der Waals surface area (Å²) < 4.78 is 0. The third-order valence-electron chi connectivity index (χ3n) is 5.90. The molecule has 0 aliphatic rings. The molecule has 0 bridgehead atoms. The van der Waals surface area contributed by atoms with Gasteiger partial charge in [-0.15, -0.1) is 0 Å². The van der Waals surface area contributed by atoms with E-state index < -0.39 is 0 Å². The first-order chi connectivity index (χ1) is 14.9. The van der Waals surface area contributed by atoms with Crippen molar-refractivity contribution in [3.63, 3.8) is 0 Å². The molecule has 0 aliphatic heterocycles. The van der Waals surface area contributed by atoms with Gasteiger partial charge >= 0.3 is 0 Å². The number of hydrogen-bond donors (Lipinski definition) is 0. The normalized spacial score (nSPS) is 12.0. The average Bonchev–Trinajstić information content (AvgIpc) is 2.82. The molecule has 0 saturated carbocycles. The summed E-state index contributed by atoms with van der Waals surface area (Å²) in [5, 5.41) is 6.91. The number of benzene rings is 5. The summed E-state index contributed by atoms with van der Waals surface area (Å²) in [6, 6.07) is 25.0. The minimum atomic E-state index is 0.790. The molecule has 5 aromatic carbocycles. The second-order valence-corrected chi connectivity index (χ2v) is 7.50. The van der Waals surface area contributed by atoms with Gasteiger partial charge in [-0.1, -0.05) is 60.7 Å². The zero-order chi connectivity index (χ0) is 19.7. The van der Waals surface area contributed by atoms with Gasteiger partial charge in [0.05, 0.1) is 16.6 Å². The number of hydrogen-bond acceptors (Lipinski definition) is 4. The molecule has 0 atom stereocenters. The van der Waals surface area contributed by atoms with Crippen molar-refractivity contribution in [3.05, 3.63) is 85.2 Å². The van der Waals surface area contributed by atoms with E-state index >= 15 is 0 Å². The molecule has 0 radical (unpaired) electrons. The van der Waals surface area contributed by atoms with E-state index in [0.717, 1.165) is 54.6 Å². The van der Waals surface area contributed by atoms with Gasteiger partial charge in [-0.05, 0) is 33.7 Å². The fourth-order valence-electron chi connectivity index (χ4n) is 4.67. The Morgan fingerprint density at radius 1 is 0.400 bits per heavy atom. The maximum atomic E-state index is 5.08. The fourth-order valence-corrected chi connectivity index (χ4v) is 4.67. The van der Waals surface area contributed by atoms with Crippen LogP contribution in [0.3, 0.4) is 0 Å². The van der Waals surface area contributed by atoms with E-state index in [2.05, 4.69) is 53.5 Å². The van der Waals surface area contributed by atoms with E-state index in [1.165, 1.54) is 10.8 Å². The summed E-state index contributed by atoms with van der Waals surface area (Å²) in [7, 11) is 0. The molecule has 2 heterocycles. The lowest BCUT2D eigenvalue weighted by atomic mass is 9.92. The number of aromatic nitrogens is 4. The van der Waals surface area contributed by atoms with Crippen molar-refractivity contribution < 1.29 is 0 Å². The first-order valence-electron chi connectivity index (χ1n) is 9.92. The van der Waals surface area contributed by atoms with E-state index in [-0.39, 0.29) is 0 Å². The Balaban J connectivity index is 1.94. The van der Waals surface area contributed by atoms with Crippen molar-refractivity contribution in [1.82, 2.24) is 19.9 Å². The van der Waals surface area contributed by atoms with Crippen molar-refractivity contribution in [3.8, 4) is 0 Å². The van der Waals surface area contributed by atoms with E-state index in [9.17, 15) is 0 Å². The smallest absolute Gasteiger partial charge is 0.118 e. The largest absolute Gasteiger partial charge is 0.252 e. The summed E-state index contributed by atoms with van der Waals surface area (Å²) in [5.41, 5.74) is 5.07. The molecule has 0 aliphatic carbocycles. The van der Waals surface area contributed by atoms with Crippen molar-refractivity contribution in [2.45, 2.75) is 0 Å². The highest BCUT2D eigenvalue weighted by Crippen LogP contribution is 2.41. The van der Waals surface area contributed by atoms with Gasteiger partial charge in [-0.2, -0.15) is 0 Å². The second kappa shape index (κ2) is 5.67. The maximum absolute atomic E-state index is 5.08. The lowest BCUT2D eigenvalue weighted by Gasteiger charge is -2.14. The molecule has 7 aromatic rings. The van der Waals surface area contributed by atoms with Crippen LogP contribution in [0.25, 0.3) is 65.4 Å². The number of rotatable bonds is 0. The Kier molecular flexibility index (Phi) is 2.97. The van der Waals surface area contributed by atoms with Gasteiger partial charge in [0, 0.05) is 23.2 Å². The van der Waals surface area contributed by atoms with Crippen LogP contribution in [0.15, 0.2) is 85.2 Å². The predicted octanol–water partition coefficient (Wildman–Crippen LogP) is 6.19. The summed E-state index contributed by atoms with van der Waals surface area (Å²) in [5.74, 6) is 0. The lowest BCUT2D eigenvalue weighted by Crippen LogP contribution is -1.95. The minimum Gasteiger partial charge on any atom is -0.252 e. The van der Waals surface area contributed by atoms with Crippen molar-refractivity contribution in [2.75, 3.05) is 0 Å². The molecule has 138 valence electrons. The Morgan fingerprint density at radius 2 is 0.867 bits per heavy atom. The number of para-hydroxylation sites is 2. The average molecular weight is 382 g/mol. The van der Waals surface area contributed by atoms with Crippen molar-refractivity contribution in [1.29, 1.82) is 0 Å². The maximum Gasteiger partial charge on any atom is 0.118 e. The van der Waals surface area contributed by atoms with Crippen LogP contribution >= 0.6 is 0 Å². The molecular weight excluding hydrogens is 368 g/mol. The molecule has 0 spiro atoms. The quantitative estimate of drug-likeness (QED) is 0.232. The highest BCUT2D eigenvalue weighted by molar-refractivity contribution is 6.37. The first kappa shape index (κ1) is 15.7. The lowest BCUT2D eigenvalue weighted by molar-refractivity contribution is 1.30. The third kappa shape index (κ3) is 1.95. The van der Waals surface area contributed by atoms with Gasteiger partial charge in [-0.25, -0.2) is 9.97 Å². The van der Waals surface area contributed by atoms with E-state index in [0.29, 0.717) is 0 Å². The highest BCUT2D eigenvalue weighted by Gasteiger charge is 2.19. The van der Waals surface area contributed by atoms with E-state index in [1.807, 2.05) is 24.3 Å². The summed E-state index contributed by atoms with van der Waals surface area (Å²) in [4.78, 5) is 19.5. The molecule has 4 nitrogen and oxygen atoms in total. The Labute approximate surface area is 170 Å². The molecule has 0 amide bonds. The van der Waals surface area contributed by atoms with Crippen LogP contribution in [0.4, 0.5) is 0 Å². The molecule has 4 heteroatoms. The first-order valence-corrected chi connectivity index (χ1v) is 9.92. The monoisotopic (exact) mass is 382 g/mol. The van der Waals surface area contributed by atoms with Gasteiger partial charge in [-0.3, -0.25) is 9.97 Å². The Hall–Kier alpha value is -4.18. The summed E-state index contributed by atoms with van der Waals surface area (Å²) in [6.45, 7) is 0. The molecule has 0 fully saturated rings. The Morgan fingerprint density at radius 3 is 1.50 bits per heavy atom. The SMILES string of the molecule is c1ccc2nc3c(nc2c1)c1nccnc1c1c2ccccc2c2ccccc2c31. The van der Waals surface area contributed by atoms with E-state index in [4.69, 9.17) is 15.0 Å². The standard InChI is InChI=1S/C26H14N4/c1-3-9-17-15(7-1)16-8-2-4-10-18(16)22-21(17)23-25(28-14-13-27-23)26-24(22)29-19-11-5-6-12-20(19)30-26/h1-14H. The van der Waals surface area contributed by atoms with E-state index in [1.54, 1.807) is 12.4 Å². The van der Waals surface area contributed by atoms with Gasteiger partial charge in [0.15, 0.2) is 0 Å². The predicted molar refractivity (Wildman–Crippen MR) is 123 cm³/mol. The summed E-state index contributed by atoms with van der Waals surface area (Å²) in [6.07, 6.45) is 3.49. The molecule has 2 aromatic heterocycles. The van der Waals surface area contributed by atoms with Crippen LogP contribution < -0.4 is 0 Å². The van der Waals surface area contributed by atoms with Crippen LogP contribution in [-0.4, -0.2) is 19.9 Å². The number of nitrogens with zero attached hydrogens (tertiary/aromatic N) is 4. The Bertz CT molecular complexity index is 1790. The van der Waals surface area contributed by atoms with Crippen LogP contribution in [0, 0.1) is 0 Å². The van der Waals surface area contributed by atoms with Crippen molar-refractivity contribution in [2.24, 2.45) is 0 Å². The molecular formula is C26H14N4. The zero-order valence-corrected chi connectivity index (χ0v) is 15.9. The highest BCUT2D eigenvalue weighted by atomic mass is 14.9. The van der Waals surface area contributed by atoms with Gasteiger partial charge in [0.2, 0.25) is 0 Å². The molecule has 30 heavy (non-hydrogen) atoms. The fraction of sp³-hybridized carbons (Fsp3) is 0. The second-order valence-electron chi connectivity index (χ2n) is 7.50. The van der Waals surface area contributed by atoms with Gasteiger partial charge in [0.25, 0.3) is 0 Å². The van der Waals surface area contributed by atoms with Crippen LogP contribution in [0.2, 0.25) is 0 Å². The van der Waals surface area contributed by atoms with Crippen LogP contribution in [0.1, 0.15) is 0 Å². The topological polar surface area (TPSA) is 51.6 Å². The molecule has 0 saturated heterocycles. The van der Waals surface area contributed by atoms with Crippen LogP contribution in [0.5, 0.6) is 0 Å². The molecule has 7 rings (SSSR count). The minimum absolute atomic E-state index is 0.790. The number of fused-ring (bicyclic) bond motifs is 12. The third-order valence-corrected chi connectivity index (χ3v) is 5.90. The summed E-state index contributed by atoms with van der Waals surface area (Å²) >= 11 is 0. The zero-order valence-electron chi connectivity index (χ0n) is 15.9. The molecule has 0 N–H and O–H groups in total. The van der Waals surface area contributed by atoms with Gasteiger partial charge < -0.3 is 0 Å². The van der Waals surface area contributed by atoms with Crippen molar-refractivity contribution >= 4 is 65.4 Å². The van der Waals surface area contributed by atoms with Crippen LogP contribution in [-0.2, 0) is 0 Å².